The van der Waals surface area contributed by atoms with Crippen LogP contribution in [0.3, 0.4) is 0 Å². The van der Waals surface area contributed by atoms with Gasteiger partial charge in [0.15, 0.2) is 0 Å². The van der Waals surface area contributed by atoms with E-state index in [2.05, 4.69) is 47.9 Å². The van der Waals surface area contributed by atoms with Crippen molar-refractivity contribution >= 4 is 77.0 Å². The Morgan fingerprint density at radius 1 is 0.506 bits per heavy atom. The van der Waals surface area contributed by atoms with E-state index in [4.69, 9.17) is 16.6 Å². The molecule has 0 aromatic rings. The van der Waals surface area contributed by atoms with Gasteiger partial charge in [-0.05, 0) is 101 Å². The van der Waals surface area contributed by atoms with E-state index in [1.165, 1.54) is 11.8 Å². The number of amides is 10. The summed E-state index contributed by atoms with van der Waals surface area (Å²) in [6.07, 6.45) is 0.410. The summed E-state index contributed by atoms with van der Waals surface area (Å²) in [7, 11) is 0. The van der Waals surface area contributed by atoms with E-state index in [9.17, 15) is 72.5 Å². The summed E-state index contributed by atoms with van der Waals surface area (Å²) in [5.41, 5.74) is 11.0. The number of nitrogens with two attached hydrogens (primary N) is 2. The van der Waals surface area contributed by atoms with E-state index < -0.39 is 164 Å². The van der Waals surface area contributed by atoms with Gasteiger partial charge in [0.1, 0.15) is 48.3 Å². The molecule has 0 bridgehead atoms. The molecule has 28 nitrogen and oxygen atoms in total. The molecular formula is C51H88N12O16. The molecule has 10 amide bonds. The van der Waals surface area contributed by atoms with E-state index in [0.29, 0.717) is 25.8 Å². The van der Waals surface area contributed by atoms with Crippen LogP contribution in [-0.4, -0.2) is 178 Å². The lowest BCUT2D eigenvalue weighted by Crippen LogP contribution is -2.59. The number of unbranched alkanes of at least 4 members (excludes halogenated alkanes) is 1. The molecule has 1 rings (SSSR count). The van der Waals surface area contributed by atoms with Gasteiger partial charge in [0.25, 0.3) is 0 Å². The van der Waals surface area contributed by atoms with Crippen molar-refractivity contribution in [3.05, 3.63) is 0 Å². The number of carbonyl (C=O) groups excluding carboxylic acids is 10. The SMILES string of the molecule is CC(C)C[C@H](NC(=O)[C@H](CC(C)C)NC(=O)[C@H](CC(C)C)NC(=O)[C@H](CCC(=O)O)NC(=O)[C@H](C)NC(=O)CNC(=O)[C@@H](N)CC(=O)O)C(=O)NCC(=O)N1CCC[C@H]1C(=O)N[C@@H](CC(C)C)C(=O)N[C@@H](CCCCN)C(=O)O. The third-order valence-electron chi connectivity index (χ3n) is 12.4. The smallest absolute Gasteiger partial charge is 0.326 e. The van der Waals surface area contributed by atoms with Crippen LogP contribution in [0.15, 0.2) is 0 Å². The molecule has 0 unspecified atom stereocenters. The highest BCUT2D eigenvalue weighted by atomic mass is 16.4. The van der Waals surface area contributed by atoms with Crippen LogP contribution >= 0.6 is 0 Å². The molecule has 9 atom stereocenters. The van der Waals surface area contributed by atoms with Crippen LogP contribution in [0.2, 0.25) is 0 Å². The molecule has 0 saturated carbocycles. The Hall–Kier alpha value is -6.97. The lowest BCUT2D eigenvalue weighted by Gasteiger charge is -2.29. The molecule has 0 radical (unpaired) electrons. The standard InChI is InChI=1S/C51H88N12O16/c1-26(2)19-34(45(72)55-25-40(65)63-18-12-14-38(63)50(77)62-37(22-29(7)8)47(74)58-33(51(78)79)13-10-11-17-52)59-48(75)36(21-28(5)6)61-49(76)35(20-27(3)4)60-46(73)32(15-16-41(66)67)57-43(70)30(9)56-39(64)24-54-44(71)31(53)23-42(68)69/h26-38H,10-25,52-53H2,1-9H3,(H,54,71)(H,55,72)(H,56,64)(H,57,70)(H,58,74)(H,59,75)(H,60,73)(H,61,76)(H,62,77)(H,66,67)(H,68,69)(H,78,79)/t30-,31-,32-,33-,34-,35-,36-,37-,38-/m0/s1. The third kappa shape index (κ3) is 27.5. The number of carbonyl (C=O) groups is 13. The maximum atomic E-state index is 14.1. The molecule has 79 heavy (non-hydrogen) atoms. The molecular weight excluding hydrogens is 1040 g/mol. The number of aliphatic carboxylic acids is 3. The predicted molar refractivity (Wildman–Crippen MR) is 285 cm³/mol. The highest BCUT2D eigenvalue weighted by Gasteiger charge is 2.38. The minimum Gasteiger partial charge on any atom is -0.481 e. The second kappa shape index (κ2) is 35.5. The number of rotatable bonds is 37. The van der Waals surface area contributed by atoms with Gasteiger partial charge in [0.2, 0.25) is 59.1 Å². The molecule has 0 aromatic heterocycles. The van der Waals surface area contributed by atoms with Crippen molar-refractivity contribution in [2.45, 2.75) is 194 Å². The summed E-state index contributed by atoms with van der Waals surface area (Å²) in [5, 5.41) is 50.5. The van der Waals surface area contributed by atoms with Gasteiger partial charge >= 0.3 is 17.9 Å². The van der Waals surface area contributed by atoms with Gasteiger partial charge < -0.3 is 79.5 Å². The molecule has 1 heterocycles. The van der Waals surface area contributed by atoms with Gasteiger partial charge in [-0.2, -0.15) is 0 Å². The monoisotopic (exact) mass is 1120 g/mol. The first-order valence-corrected chi connectivity index (χ1v) is 26.9. The zero-order valence-corrected chi connectivity index (χ0v) is 47.1. The van der Waals surface area contributed by atoms with E-state index in [1.807, 2.05) is 13.8 Å². The second-order valence-electron chi connectivity index (χ2n) is 21.6. The number of likely N-dealkylation sites (tertiary alicyclic amines) is 1. The number of hydrogen-bond acceptors (Lipinski definition) is 15. The summed E-state index contributed by atoms with van der Waals surface area (Å²) < 4.78 is 0. The molecule has 0 aromatic carbocycles. The number of carboxylic acid groups (broad SMARTS) is 3. The van der Waals surface area contributed by atoms with E-state index in [-0.39, 0.29) is 68.7 Å². The summed E-state index contributed by atoms with van der Waals surface area (Å²) in [5.74, 6) is -12.6. The van der Waals surface area contributed by atoms with Crippen molar-refractivity contribution < 1.29 is 77.6 Å². The Balaban J connectivity index is 3.21. The highest BCUT2D eigenvalue weighted by molar-refractivity contribution is 5.98. The van der Waals surface area contributed by atoms with E-state index >= 15 is 0 Å². The summed E-state index contributed by atoms with van der Waals surface area (Å²) in [6.45, 7) is 14.8. The minimum atomic E-state index is -1.55. The Bertz CT molecular complexity index is 2120. The van der Waals surface area contributed by atoms with Crippen LogP contribution < -0.4 is 59.3 Å². The van der Waals surface area contributed by atoms with Crippen LogP contribution in [0.1, 0.15) is 139 Å². The fourth-order valence-electron chi connectivity index (χ4n) is 8.42. The Morgan fingerprint density at radius 2 is 0.949 bits per heavy atom. The Labute approximate surface area is 461 Å². The van der Waals surface area contributed by atoms with Crippen molar-refractivity contribution in [1.29, 1.82) is 0 Å². The molecule has 1 fully saturated rings. The summed E-state index contributed by atoms with van der Waals surface area (Å²) >= 11 is 0. The number of hydrogen-bond donors (Lipinski definition) is 14. The van der Waals surface area contributed by atoms with Gasteiger partial charge in [0.05, 0.1) is 25.6 Å². The van der Waals surface area contributed by atoms with Crippen LogP contribution in [0.4, 0.5) is 0 Å². The quantitative estimate of drug-likeness (QED) is 0.0291. The molecule has 1 aliphatic rings. The van der Waals surface area contributed by atoms with Crippen molar-refractivity contribution in [3.8, 4) is 0 Å². The van der Waals surface area contributed by atoms with Gasteiger partial charge in [-0.15, -0.1) is 0 Å². The molecule has 1 aliphatic heterocycles. The van der Waals surface area contributed by atoms with Crippen LogP contribution in [0.5, 0.6) is 0 Å². The zero-order chi connectivity index (χ0) is 60.3. The fourth-order valence-corrected chi connectivity index (χ4v) is 8.42. The first-order chi connectivity index (χ1) is 36.9. The largest absolute Gasteiger partial charge is 0.481 e. The fraction of sp³-hybridized carbons (Fsp3) is 0.745. The van der Waals surface area contributed by atoms with Crippen LogP contribution in [0, 0.1) is 23.7 Å². The Kier molecular flexibility index (Phi) is 31.5. The topological polar surface area (TPSA) is 446 Å². The Morgan fingerprint density at radius 3 is 1.41 bits per heavy atom. The minimum absolute atomic E-state index is 0.00444. The van der Waals surface area contributed by atoms with Crippen molar-refractivity contribution in [3.63, 3.8) is 0 Å². The predicted octanol–water partition coefficient (Wildman–Crippen LogP) is -2.31. The number of nitrogens with one attached hydrogen (secondary N) is 9. The highest BCUT2D eigenvalue weighted by Crippen LogP contribution is 2.19. The molecule has 1 saturated heterocycles. The maximum Gasteiger partial charge on any atom is 0.326 e. The second-order valence-corrected chi connectivity index (χ2v) is 21.6. The number of carboxylic acids is 3. The maximum absolute atomic E-state index is 14.1. The third-order valence-corrected chi connectivity index (χ3v) is 12.4. The van der Waals surface area contributed by atoms with E-state index in [0.717, 1.165) is 0 Å². The van der Waals surface area contributed by atoms with Crippen molar-refractivity contribution in [2.24, 2.45) is 35.1 Å². The van der Waals surface area contributed by atoms with Crippen LogP contribution in [-0.2, 0) is 62.3 Å². The molecule has 0 aliphatic carbocycles. The molecule has 28 heteroatoms. The molecule has 448 valence electrons. The van der Waals surface area contributed by atoms with Crippen LogP contribution in [0.25, 0.3) is 0 Å². The van der Waals surface area contributed by atoms with Crippen molar-refractivity contribution in [1.82, 2.24) is 52.8 Å². The summed E-state index contributed by atoms with van der Waals surface area (Å²) in [6, 6.07) is -11.5. The first-order valence-electron chi connectivity index (χ1n) is 26.9. The number of nitrogens with zero attached hydrogens (tertiary/aromatic N) is 1. The lowest BCUT2D eigenvalue weighted by atomic mass is 9.98. The van der Waals surface area contributed by atoms with Gasteiger partial charge in [-0.3, -0.25) is 57.5 Å². The summed E-state index contributed by atoms with van der Waals surface area (Å²) in [4.78, 5) is 170. The average Bonchev–Trinajstić information content (AvgIpc) is 3.84. The molecule has 16 N–H and O–H groups in total. The zero-order valence-electron chi connectivity index (χ0n) is 47.1. The van der Waals surface area contributed by atoms with Gasteiger partial charge in [-0.25, -0.2) is 4.79 Å². The lowest BCUT2D eigenvalue weighted by molar-refractivity contribution is -0.143. The molecule has 0 spiro atoms. The average molecular weight is 1130 g/mol. The first kappa shape index (κ1) is 70.0. The van der Waals surface area contributed by atoms with Crippen molar-refractivity contribution in [2.75, 3.05) is 26.2 Å². The van der Waals surface area contributed by atoms with Gasteiger partial charge in [0, 0.05) is 13.0 Å². The van der Waals surface area contributed by atoms with Gasteiger partial charge in [-0.1, -0.05) is 55.4 Å². The normalized spacial score (nSPS) is 16.2. The van der Waals surface area contributed by atoms with E-state index in [1.54, 1.807) is 41.5 Å².